The van der Waals surface area contributed by atoms with Gasteiger partial charge in [-0.1, -0.05) is 0 Å². The highest BCUT2D eigenvalue weighted by Crippen LogP contribution is 2.34. The summed E-state index contributed by atoms with van der Waals surface area (Å²) in [4.78, 5) is 22.1. The molecule has 11 nitrogen and oxygen atoms in total. The summed E-state index contributed by atoms with van der Waals surface area (Å²) >= 11 is 0. The fraction of sp³-hybridized carbons (Fsp3) is 0.176. The third-order valence-corrected chi connectivity index (χ3v) is 3.74. The molecule has 0 atom stereocenters. The number of nitro groups is 1. The Hall–Kier alpha value is -4.02. The lowest BCUT2D eigenvalue weighted by molar-refractivity contribution is -0.385. The van der Waals surface area contributed by atoms with Crippen LogP contribution in [-0.4, -0.2) is 42.6 Å². The van der Waals surface area contributed by atoms with Crippen LogP contribution in [-0.2, 0) is 4.79 Å². The van der Waals surface area contributed by atoms with Gasteiger partial charge in [-0.3, -0.25) is 14.9 Å². The van der Waals surface area contributed by atoms with Crippen LogP contribution in [0.5, 0.6) is 23.0 Å². The van der Waals surface area contributed by atoms with Gasteiger partial charge >= 0.3 is 5.69 Å². The van der Waals surface area contributed by atoms with Crippen LogP contribution >= 0.6 is 0 Å². The van der Waals surface area contributed by atoms with Crippen molar-refractivity contribution in [3.8, 4) is 23.0 Å². The molecule has 1 amide bonds. The molecule has 0 radical (unpaired) electrons. The van der Waals surface area contributed by atoms with Crippen LogP contribution < -0.4 is 25.0 Å². The van der Waals surface area contributed by atoms with Gasteiger partial charge in [-0.05, 0) is 18.2 Å². The fourth-order valence-corrected chi connectivity index (χ4v) is 2.37. The van der Waals surface area contributed by atoms with E-state index in [2.05, 4.69) is 15.8 Å². The Labute approximate surface area is 158 Å². The average Bonchev–Trinajstić information content (AvgIpc) is 3.15. The van der Waals surface area contributed by atoms with E-state index in [9.17, 15) is 20.0 Å². The zero-order valence-electron chi connectivity index (χ0n) is 14.7. The first-order chi connectivity index (χ1) is 13.5. The Balaban J connectivity index is 1.59. The summed E-state index contributed by atoms with van der Waals surface area (Å²) in [7, 11) is 1.33. The number of nitrogens with one attached hydrogen (secondary N) is 2. The molecule has 0 spiro atoms. The van der Waals surface area contributed by atoms with Crippen LogP contribution in [0.2, 0.25) is 0 Å². The molecule has 2 aromatic carbocycles. The average molecular weight is 388 g/mol. The molecular formula is C17H16N4O7. The highest BCUT2D eigenvalue weighted by molar-refractivity contribution is 5.88. The molecule has 0 saturated heterocycles. The third kappa shape index (κ3) is 4.20. The normalized spacial score (nSPS) is 12.0. The molecular weight excluding hydrogens is 372 g/mol. The number of phenolic OH excluding ortho intramolecular Hbond substituents is 1. The minimum atomic E-state index is -0.747. The number of hydrogen-bond acceptors (Lipinski definition) is 9. The van der Waals surface area contributed by atoms with Crippen molar-refractivity contribution in [1.29, 1.82) is 0 Å². The number of hydrogen-bond donors (Lipinski definition) is 3. The molecule has 0 bridgehead atoms. The second kappa shape index (κ2) is 8.12. The summed E-state index contributed by atoms with van der Waals surface area (Å²) in [6.45, 7) is 0.0739. The van der Waals surface area contributed by atoms with E-state index < -0.39 is 22.3 Å². The number of nitrogens with zero attached hydrogens (tertiary/aromatic N) is 2. The van der Waals surface area contributed by atoms with Crippen LogP contribution in [0.3, 0.4) is 0 Å². The molecule has 146 valence electrons. The number of ether oxygens (including phenoxy) is 3. The molecule has 3 rings (SSSR count). The number of methoxy groups -OCH3 is 1. The number of fused-ring (bicyclic) bond motifs is 1. The maximum Gasteiger partial charge on any atom is 0.315 e. The van der Waals surface area contributed by atoms with Crippen molar-refractivity contribution in [2.45, 2.75) is 0 Å². The van der Waals surface area contributed by atoms with Crippen LogP contribution in [0.15, 0.2) is 35.4 Å². The Morgan fingerprint density at radius 1 is 1.36 bits per heavy atom. The van der Waals surface area contributed by atoms with Crippen molar-refractivity contribution in [3.63, 3.8) is 0 Å². The smallest absolute Gasteiger partial charge is 0.315 e. The van der Waals surface area contributed by atoms with Gasteiger partial charge in [0.25, 0.3) is 5.91 Å². The molecule has 1 aliphatic heterocycles. The molecule has 0 aliphatic carbocycles. The van der Waals surface area contributed by atoms with Gasteiger partial charge in [0.1, 0.15) is 5.75 Å². The lowest BCUT2D eigenvalue weighted by Gasteiger charge is -2.06. The molecule has 0 fully saturated rings. The van der Waals surface area contributed by atoms with E-state index in [1.54, 1.807) is 18.2 Å². The number of carbonyl (C=O) groups is 1. The second-order valence-electron chi connectivity index (χ2n) is 5.56. The maximum absolute atomic E-state index is 11.9. The second-order valence-corrected chi connectivity index (χ2v) is 5.56. The Bertz CT molecular complexity index is 945. The van der Waals surface area contributed by atoms with Crippen molar-refractivity contribution in [2.75, 3.05) is 25.8 Å². The van der Waals surface area contributed by atoms with Crippen molar-refractivity contribution in [1.82, 2.24) is 5.43 Å². The number of rotatable bonds is 7. The van der Waals surface area contributed by atoms with Crippen molar-refractivity contribution >= 4 is 23.5 Å². The van der Waals surface area contributed by atoms with Gasteiger partial charge in [0, 0.05) is 17.3 Å². The summed E-state index contributed by atoms with van der Waals surface area (Å²) in [5, 5.41) is 27.5. The number of phenols is 1. The highest BCUT2D eigenvalue weighted by Gasteiger charge is 2.19. The summed E-state index contributed by atoms with van der Waals surface area (Å²) in [6.07, 6.45) is 1.09. The van der Waals surface area contributed by atoms with Crippen LogP contribution in [0.1, 0.15) is 5.56 Å². The molecule has 0 unspecified atom stereocenters. The topological polar surface area (TPSA) is 145 Å². The van der Waals surface area contributed by atoms with Gasteiger partial charge in [-0.15, -0.1) is 0 Å². The Morgan fingerprint density at radius 3 is 2.89 bits per heavy atom. The first-order valence-electron chi connectivity index (χ1n) is 7.98. The quantitative estimate of drug-likeness (QED) is 0.368. The van der Waals surface area contributed by atoms with Gasteiger partial charge in [-0.25, -0.2) is 5.43 Å². The van der Waals surface area contributed by atoms with Gasteiger partial charge in [0.15, 0.2) is 11.5 Å². The number of amides is 1. The summed E-state index contributed by atoms with van der Waals surface area (Å²) < 4.78 is 15.4. The standard InChI is InChI=1S/C17H16N4O7/c1-26-12-4-10(17(23)13(6-12)21(24)25)7-19-20-16(22)8-18-11-2-3-14-15(5-11)28-9-27-14/h2-7,18,23H,8-9H2,1H3,(H,20,22)/b19-7-. The zero-order chi connectivity index (χ0) is 20.1. The molecule has 0 saturated carbocycles. The minimum Gasteiger partial charge on any atom is -0.502 e. The number of hydrazone groups is 1. The van der Waals surface area contributed by atoms with Crippen LogP contribution in [0.25, 0.3) is 0 Å². The predicted octanol–water partition coefficient (Wildman–Crippen LogP) is 1.60. The molecule has 1 heterocycles. The van der Waals surface area contributed by atoms with E-state index in [1.807, 2.05) is 0 Å². The lowest BCUT2D eigenvalue weighted by atomic mass is 10.1. The fourth-order valence-electron chi connectivity index (χ4n) is 2.37. The minimum absolute atomic E-state index is 0.0232. The van der Waals surface area contributed by atoms with Gasteiger partial charge in [0.05, 0.1) is 30.9 Å². The van der Waals surface area contributed by atoms with Crippen LogP contribution in [0, 0.1) is 10.1 Å². The molecule has 3 N–H and O–H groups in total. The van der Waals surface area contributed by atoms with Crippen molar-refractivity contribution < 1.29 is 29.0 Å². The number of aromatic hydroxyl groups is 1. The SMILES string of the molecule is COc1cc(/C=N\NC(=O)CNc2ccc3c(c2)OCO3)c(O)c([N+](=O)[O-])c1. The van der Waals surface area contributed by atoms with E-state index >= 15 is 0 Å². The van der Waals surface area contributed by atoms with Gasteiger partial charge < -0.3 is 24.6 Å². The summed E-state index contributed by atoms with van der Waals surface area (Å²) in [5.41, 5.74) is 2.41. The number of benzene rings is 2. The van der Waals surface area contributed by atoms with E-state index in [-0.39, 0.29) is 24.7 Å². The van der Waals surface area contributed by atoms with Gasteiger partial charge in [0.2, 0.25) is 12.5 Å². The third-order valence-electron chi connectivity index (χ3n) is 3.74. The van der Waals surface area contributed by atoms with Crippen LogP contribution in [0.4, 0.5) is 11.4 Å². The largest absolute Gasteiger partial charge is 0.502 e. The maximum atomic E-state index is 11.9. The van der Waals surface area contributed by atoms with Crippen molar-refractivity contribution in [3.05, 3.63) is 46.0 Å². The summed E-state index contributed by atoms with van der Waals surface area (Å²) in [5.74, 6) is 0.333. The number of carbonyl (C=O) groups excluding carboxylic acids is 1. The molecule has 0 aromatic heterocycles. The van der Waals surface area contributed by atoms with E-state index in [0.29, 0.717) is 17.2 Å². The Kier molecular flexibility index (Phi) is 5.44. The molecule has 2 aromatic rings. The van der Waals surface area contributed by atoms with Gasteiger partial charge in [-0.2, -0.15) is 5.10 Å². The summed E-state index contributed by atoms with van der Waals surface area (Å²) in [6, 6.07) is 7.59. The zero-order valence-corrected chi connectivity index (χ0v) is 14.7. The van der Waals surface area contributed by atoms with E-state index in [0.717, 1.165) is 12.3 Å². The molecule has 28 heavy (non-hydrogen) atoms. The highest BCUT2D eigenvalue weighted by atomic mass is 16.7. The first kappa shape index (κ1) is 18.8. The first-order valence-corrected chi connectivity index (χ1v) is 7.98. The number of nitro benzene ring substituents is 1. The molecule has 11 heteroatoms. The lowest BCUT2D eigenvalue weighted by Crippen LogP contribution is -2.25. The predicted molar refractivity (Wildman–Crippen MR) is 98.1 cm³/mol. The number of anilines is 1. The Morgan fingerprint density at radius 2 is 2.14 bits per heavy atom. The van der Waals surface area contributed by atoms with E-state index in [4.69, 9.17) is 14.2 Å². The van der Waals surface area contributed by atoms with E-state index in [1.165, 1.54) is 13.2 Å². The monoisotopic (exact) mass is 388 g/mol. The van der Waals surface area contributed by atoms with Crippen molar-refractivity contribution in [2.24, 2.45) is 5.10 Å². The molecule has 1 aliphatic rings.